The lowest BCUT2D eigenvalue weighted by molar-refractivity contribution is -0.660. The maximum atomic E-state index is 7.16. The van der Waals surface area contributed by atoms with Crippen LogP contribution in [0, 0.1) is 20.4 Å². The van der Waals surface area contributed by atoms with Gasteiger partial charge in [0.05, 0.1) is 6.57 Å². The van der Waals surface area contributed by atoms with Gasteiger partial charge in [-0.25, -0.2) is 9.41 Å². The van der Waals surface area contributed by atoms with Crippen LogP contribution in [0.3, 0.4) is 0 Å². The van der Waals surface area contributed by atoms with Crippen LogP contribution in [0.15, 0.2) is 53.1 Å². The monoisotopic (exact) mass is 313 g/mol. The van der Waals surface area contributed by atoms with Crippen LogP contribution in [-0.2, 0) is 7.05 Å². The van der Waals surface area contributed by atoms with Crippen molar-refractivity contribution >= 4 is 27.6 Å². The minimum Gasteiger partial charge on any atom is -0.457 e. The molecule has 0 aliphatic rings. The molecule has 0 saturated carbocycles. The van der Waals surface area contributed by atoms with Gasteiger partial charge in [-0.2, -0.15) is 0 Å². The summed E-state index contributed by atoms with van der Waals surface area (Å²) >= 11 is 0. The summed E-state index contributed by atoms with van der Waals surface area (Å²) in [5.74, 6) is 0. The van der Waals surface area contributed by atoms with Crippen LogP contribution in [0.2, 0.25) is 0 Å². The van der Waals surface area contributed by atoms with E-state index in [0.717, 1.165) is 21.9 Å². The largest absolute Gasteiger partial charge is 0.457 e. The first-order valence-corrected chi connectivity index (χ1v) is 7.88. The first kappa shape index (κ1) is 14.5. The molecule has 0 N–H and O–H groups in total. The molecule has 0 radical (unpaired) electrons. The Kier molecular flexibility index (Phi) is 3.14. The SMILES string of the molecule is [C-]#[N+]c1ccc2c(c1)oc1cc(C)c(-c3ccc(C)c[n+]3C)cc12. The molecule has 0 atom stereocenters. The summed E-state index contributed by atoms with van der Waals surface area (Å²) in [4.78, 5) is 3.48. The van der Waals surface area contributed by atoms with E-state index in [1.54, 1.807) is 0 Å². The third-order valence-electron chi connectivity index (χ3n) is 4.49. The molecule has 4 rings (SSSR count). The molecule has 0 aliphatic heterocycles. The van der Waals surface area contributed by atoms with Crippen molar-refractivity contribution in [3.63, 3.8) is 0 Å². The summed E-state index contributed by atoms with van der Waals surface area (Å²) in [6.07, 6.45) is 2.13. The Balaban J connectivity index is 2.02. The zero-order valence-corrected chi connectivity index (χ0v) is 13.9. The zero-order valence-electron chi connectivity index (χ0n) is 13.9. The third kappa shape index (κ3) is 2.16. The van der Waals surface area contributed by atoms with Crippen molar-refractivity contribution in [3.8, 4) is 11.3 Å². The number of hydrogen-bond acceptors (Lipinski definition) is 1. The van der Waals surface area contributed by atoms with Crippen molar-refractivity contribution in [3.05, 3.63) is 71.2 Å². The van der Waals surface area contributed by atoms with E-state index in [4.69, 9.17) is 11.0 Å². The highest BCUT2D eigenvalue weighted by atomic mass is 16.3. The minimum absolute atomic E-state index is 0.600. The molecule has 0 saturated heterocycles. The third-order valence-corrected chi connectivity index (χ3v) is 4.49. The molecule has 0 bridgehead atoms. The molecule has 0 unspecified atom stereocenters. The number of nitrogens with zero attached hydrogens (tertiary/aromatic N) is 2. The highest BCUT2D eigenvalue weighted by Crippen LogP contribution is 2.35. The molecule has 4 aromatic rings. The van der Waals surface area contributed by atoms with Crippen LogP contribution in [-0.4, -0.2) is 0 Å². The van der Waals surface area contributed by atoms with Crippen molar-refractivity contribution in [2.24, 2.45) is 7.05 Å². The summed E-state index contributed by atoms with van der Waals surface area (Å²) in [6.45, 7) is 11.4. The summed E-state index contributed by atoms with van der Waals surface area (Å²) in [6, 6.07) is 14.2. The fourth-order valence-corrected chi connectivity index (χ4v) is 3.28. The number of benzene rings is 2. The lowest BCUT2D eigenvalue weighted by Crippen LogP contribution is -2.31. The normalized spacial score (nSPS) is 11.1. The van der Waals surface area contributed by atoms with Crippen LogP contribution in [0.4, 0.5) is 5.69 Å². The Bertz CT molecular complexity index is 1150. The lowest BCUT2D eigenvalue weighted by atomic mass is 10.0. The van der Waals surface area contributed by atoms with Gasteiger partial charge >= 0.3 is 0 Å². The van der Waals surface area contributed by atoms with E-state index in [9.17, 15) is 0 Å². The van der Waals surface area contributed by atoms with Crippen molar-refractivity contribution in [1.29, 1.82) is 0 Å². The summed E-state index contributed by atoms with van der Waals surface area (Å²) in [5, 5.41) is 2.14. The number of fused-ring (bicyclic) bond motifs is 3. The zero-order chi connectivity index (χ0) is 16.8. The van der Waals surface area contributed by atoms with E-state index in [2.05, 4.69) is 60.8 Å². The first-order chi connectivity index (χ1) is 11.6. The average Bonchev–Trinajstić information content (AvgIpc) is 2.90. The maximum Gasteiger partial charge on any atom is 0.212 e. The van der Waals surface area contributed by atoms with Crippen LogP contribution >= 0.6 is 0 Å². The second-order valence-electron chi connectivity index (χ2n) is 6.26. The van der Waals surface area contributed by atoms with Crippen LogP contribution in [0.25, 0.3) is 38.0 Å². The second kappa shape index (κ2) is 5.21. The quantitative estimate of drug-likeness (QED) is 0.347. The molecule has 3 nitrogen and oxygen atoms in total. The second-order valence-corrected chi connectivity index (χ2v) is 6.26. The number of aromatic nitrogens is 1. The molecule has 3 heteroatoms. The topological polar surface area (TPSA) is 21.4 Å². The highest BCUT2D eigenvalue weighted by Gasteiger charge is 2.16. The molecular weight excluding hydrogens is 296 g/mol. The van der Waals surface area contributed by atoms with E-state index in [1.165, 1.54) is 22.4 Å². The van der Waals surface area contributed by atoms with Gasteiger partial charge in [-0.15, -0.1) is 0 Å². The highest BCUT2D eigenvalue weighted by molar-refractivity contribution is 6.07. The van der Waals surface area contributed by atoms with Gasteiger partial charge in [0.1, 0.15) is 18.2 Å². The number of pyridine rings is 1. The van der Waals surface area contributed by atoms with E-state index in [-0.39, 0.29) is 0 Å². The van der Waals surface area contributed by atoms with Gasteiger partial charge in [0.25, 0.3) is 0 Å². The Labute approximate surface area is 140 Å². The van der Waals surface area contributed by atoms with E-state index < -0.39 is 0 Å². The molecule has 0 amide bonds. The van der Waals surface area contributed by atoms with Gasteiger partial charge in [-0.05, 0) is 43.7 Å². The molecule has 2 aromatic heterocycles. The Morgan fingerprint density at radius 2 is 1.75 bits per heavy atom. The molecule has 116 valence electrons. The maximum absolute atomic E-state index is 7.16. The summed E-state index contributed by atoms with van der Waals surface area (Å²) < 4.78 is 8.12. The fraction of sp³-hybridized carbons (Fsp3) is 0.143. The lowest BCUT2D eigenvalue weighted by Gasteiger charge is -2.05. The molecule has 24 heavy (non-hydrogen) atoms. The molecular formula is C21H17N2O+. The van der Waals surface area contributed by atoms with Crippen LogP contribution in [0.5, 0.6) is 0 Å². The van der Waals surface area contributed by atoms with E-state index >= 15 is 0 Å². The fourth-order valence-electron chi connectivity index (χ4n) is 3.28. The van der Waals surface area contributed by atoms with Gasteiger partial charge in [-0.1, -0.05) is 12.1 Å². The molecule has 0 fully saturated rings. The Morgan fingerprint density at radius 3 is 2.50 bits per heavy atom. The molecule has 2 aromatic carbocycles. The number of rotatable bonds is 1. The Hall–Kier alpha value is -3.12. The smallest absolute Gasteiger partial charge is 0.212 e. The van der Waals surface area contributed by atoms with Gasteiger partial charge in [0, 0.05) is 28.0 Å². The van der Waals surface area contributed by atoms with Crippen LogP contribution in [0.1, 0.15) is 11.1 Å². The average molecular weight is 313 g/mol. The van der Waals surface area contributed by atoms with Gasteiger partial charge in [-0.3, -0.25) is 0 Å². The first-order valence-electron chi connectivity index (χ1n) is 7.88. The molecule has 0 spiro atoms. The minimum atomic E-state index is 0.600. The molecule has 2 heterocycles. The van der Waals surface area contributed by atoms with Gasteiger partial charge in [0.15, 0.2) is 11.9 Å². The van der Waals surface area contributed by atoms with Crippen molar-refractivity contribution < 1.29 is 8.98 Å². The predicted molar refractivity (Wildman–Crippen MR) is 96.1 cm³/mol. The molecule has 0 aliphatic carbocycles. The van der Waals surface area contributed by atoms with E-state index in [0.29, 0.717) is 5.69 Å². The summed E-state index contributed by atoms with van der Waals surface area (Å²) in [7, 11) is 2.07. The van der Waals surface area contributed by atoms with Gasteiger partial charge in [0.2, 0.25) is 5.69 Å². The number of aryl methyl sites for hydroxylation is 3. The predicted octanol–water partition coefficient (Wildman–Crippen LogP) is 5.25. The summed E-state index contributed by atoms with van der Waals surface area (Å²) in [5.41, 5.74) is 7.01. The van der Waals surface area contributed by atoms with Crippen LogP contribution < -0.4 is 4.57 Å². The standard InChI is InChI=1S/C21H17N2O/c1-13-5-8-19(23(4)12-13)17-11-18-16-7-6-15(22-3)10-21(16)24-20(18)9-14(17)2/h5-12H,1-2,4H3/q+1. The van der Waals surface area contributed by atoms with E-state index in [1.807, 2.05) is 18.2 Å². The van der Waals surface area contributed by atoms with Crippen molar-refractivity contribution in [2.45, 2.75) is 13.8 Å². The number of hydrogen-bond donors (Lipinski definition) is 0. The van der Waals surface area contributed by atoms with Crippen molar-refractivity contribution in [1.82, 2.24) is 0 Å². The van der Waals surface area contributed by atoms with Crippen molar-refractivity contribution in [2.75, 3.05) is 0 Å². The van der Waals surface area contributed by atoms with Gasteiger partial charge < -0.3 is 4.42 Å². The Morgan fingerprint density at radius 1 is 0.958 bits per heavy atom. The number of furan rings is 1.